The Bertz CT molecular complexity index is 710. The number of nitrogens with zero attached hydrogens (tertiary/aromatic N) is 3. The van der Waals surface area contributed by atoms with E-state index in [4.69, 9.17) is 11.6 Å². The van der Waals surface area contributed by atoms with Crippen LogP contribution in [0.2, 0.25) is 5.02 Å². The van der Waals surface area contributed by atoms with Gasteiger partial charge >= 0.3 is 0 Å². The molecule has 0 aliphatic heterocycles. The van der Waals surface area contributed by atoms with Crippen molar-refractivity contribution in [1.82, 2.24) is 14.8 Å². The molecule has 0 amide bonds. The molecule has 9 heteroatoms. The molecule has 0 saturated heterocycles. The summed E-state index contributed by atoms with van der Waals surface area (Å²) in [5, 5.41) is 3.78. The Morgan fingerprint density at radius 1 is 1.42 bits per heavy atom. The second-order valence-corrected chi connectivity index (χ2v) is 6.61. The van der Waals surface area contributed by atoms with E-state index in [1.54, 1.807) is 19.1 Å². The standard InChI is InChI=1S/C10H10BrClN4O2S/c1-6-8(3-4-9(11)14-6)15-19(17,18)10-7(12)5-13-16(10)2/h3-5,15H,1-2H3. The lowest BCUT2D eigenvalue weighted by Gasteiger charge is -2.10. The van der Waals surface area contributed by atoms with E-state index in [-0.39, 0.29) is 10.0 Å². The van der Waals surface area contributed by atoms with Crippen molar-refractivity contribution in [3.8, 4) is 0 Å². The fourth-order valence-electron chi connectivity index (χ4n) is 1.53. The number of hydrogen-bond acceptors (Lipinski definition) is 4. The van der Waals surface area contributed by atoms with Crippen LogP contribution in [0.4, 0.5) is 5.69 Å². The van der Waals surface area contributed by atoms with Gasteiger partial charge in [-0.15, -0.1) is 0 Å². The molecule has 0 bridgehead atoms. The molecule has 0 atom stereocenters. The van der Waals surface area contributed by atoms with E-state index in [9.17, 15) is 8.42 Å². The zero-order valence-electron chi connectivity index (χ0n) is 10.1. The summed E-state index contributed by atoms with van der Waals surface area (Å²) in [4.78, 5) is 4.12. The highest BCUT2D eigenvalue weighted by Crippen LogP contribution is 2.24. The van der Waals surface area contributed by atoms with Crippen LogP contribution in [0.1, 0.15) is 5.69 Å². The molecule has 2 rings (SSSR count). The van der Waals surface area contributed by atoms with Crippen LogP contribution in [-0.4, -0.2) is 23.2 Å². The van der Waals surface area contributed by atoms with Gasteiger partial charge < -0.3 is 0 Å². The summed E-state index contributed by atoms with van der Waals surface area (Å²) in [7, 11) is -2.30. The van der Waals surface area contributed by atoms with Crippen molar-refractivity contribution in [1.29, 1.82) is 0 Å². The van der Waals surface area contributed by atoms with Crippen molar-refractivity contribution in [2.75, 3.05) is 4.72 Å². The minimum Gasteiger partial charge on any atom is -0.276 e. The smallest absolute Gasteiger partial charge is 0.276 e. The van der Waals surface area contributed by atoms with Gasteiger partial charge in [0, 0.05) is 7.05 Å². The lowest BCUT2D eigenvalue weighted by molar-refractivity contribution is 0.582. The summed E-state index contributed by atoms with van der Waals surface area (Å²) in [5.74, 6) is 0. The van der Waals surface area contributed by atoms with E-state index in [2.05, 4.69) is 30.7 Å². The fraction of sp³-hybridized carbons (Fsp3) is 0.200. The van der Waals surface area contributed by atoms with E-state index in [1.807, 2.05) is 0 Å². The van der Waals surface area contributed by atoms with E-state index in [0.29, 0.717) is 16.0 Å². The maximum absolute atomic E-state index is 12.2. The van der Waals surface area contributed by atoms with Crippen molar-refractivity contribution in [3.05, 3.63) is 33.6 Å². The Morgan fingerprint density at radius 3 is 2.63 bits per heavy atom. The van der Waals surface area contributed by atoms with Crippen LogP contribution in [-0.2, 0) is 17.1 Å². The van der Waals surface area contributed by atoms with Gasteiger partial charge in [-0.3, -0.25) is 9.40 Å². The van der Waals surface area contributed by atoms with Gasteiger partial charge in [0.05, 0.1) is 22.6 Å². The third kappa shape index (κ3) is 2.90. The van der Waals surface area contributed by atoms with Gasteiger partial charge in [0.1, 0.15) is 4.60 Å². The van der Waals surface area contributed by atoms with E-state index < -0.39 is 10.0 Å². The van der Waals surface area contributed by atoms with Gasteiger partial charge in [0.15, 0.2) is 5.03 Å². The summed E-state index contributed by atoms with van der Waals surface area (Å²) in [6.07, 6.45) is 1.28. The number of halogens is 2. The predicted molar refractivity (Wildman–Crippen MR) is 75.7 cm³/mol. The molecule has 0 aromatic carbocycles. The number of anilines is 1. The van der Waals surface area contributed by atoms with Crippen molar-refractivity contribution in [2.45, 2.75) is 11.9 Å². The lowest BCUT2D eigenvalue weighted by atomic mass is 10.3. The largest absolute Gasteiger partial charge is 0.280 e. The summed E-state index contributed by atoms with van der Waals surface area (Å²) in [5.41, 5.74) is 0.941. The molecule has 1 N–H and O–H groups in total. The van der Waals surface area contributed by atoms with Crippen molar-refractivity contribution in [2.24, 2.45) is 7.05 Å². The zero-order chi connectivity index (χ0) is 14.2. The highest BCUT2D eigenvalue weighted by Gasteiger charge is 2.23. The van der Waals surface area contributed by atoms with Crippen LogP contribution < -0.4 is 4.72 Å². The minimum absolute atomic E-state index is 0.0673. The molecule has 6 nitrogen and oxygen atoms in total. The first-order valence-corrected chi connectivity index (χ1v) is 7.80. The summed E-state index contributed by atoms with van der Waals surface area (Å²) in [6, 6.07) is 3.27. The second kappa shape index (κ2) is 5.10. The number of hydrogen-bond donors (Lipinski definition) is 1. The molecule has 0 fully saturated rings. The summed E-state index contributed by atoms with van der Waals surface area (Å²) in [6.45, 7) is 1.70. The Labute approximate surface area is 124 Å². The third-order valence-electron chi connectivity index (χ3n) is 2.39. The van der Waals surface area contributed by atoms with E-state index >= 15 is 0 Å². The van der Waals surface area contributed by atoms with Gasteiger partial charge in [-0.1, -0.05) is 11.6 Å². The van der Waals surface area contributed by atoms with Crippen LogP contribution in [0.3, 0.4) is 0 Å². The first-order valence-electron chi connectivity index (χ1n) is 5.15. The van der Waals surface area contributed by atoms with Gasteiger partial charge in [0.25, 0.3) is 10.0 Å². The molecule has 0 unspecified atom stereocenters. The molecule has 0 saturated carbocycles. The molecular weight excluding hydrogens is 356 g/mol. The maximum atomic E-state index is 12.2. The minimum atomic E-state index is -3.80. The monoisotopic (exact) mass is 364 g/mol. The van der Waals surface area contributed by atoms with Crippen molar-refractivity contribution < 1.29 is 8.42 Å². The Hall–Kier alpha value is -1.12. The van der Waals surface area contributed by atoms with Gasteiger partial charge in [-0.25, -0.2) is 4.98 Å². The predicted octanol–water partition coefficient (Wildman–Crippen LogP) is 2.34. The first-order chi connectivity index (χ1) is 8.81. The molecule has 19 heavy (non-hydrogen) atoms. The molecule has 0 aliphatic rings. The average molecular weight is 366 g/mol. The topological polar surface area (TPSA) is 76.9 Å². The third-order valence-corrected chi connectivity index (χ3v) is 4.71. The number of nitrogens with one attached hydrogen (secondary N) is 1. The summed E-state index contributed by atoms with van der Waals surface area (Å²) < 4.78 is 28.8. The van der Waals surface area contributed by atoms with Gasteiger partial charge in [0.2, 0.25) is 0 Å². The number of sulfonamides is 1. The molecule has 102 valence electrons. The van der Waals surface area contributed by atoms with Crippen molar-refractivity contribution >= 4 is 43.2 Å². The normalized spacial score (nSPS) is 11.6. The van der Waals surface area contributed by atoms with Crippen LogP contribution in [0.5, 0.6) is 0 Å². The zero-order valence-corrected chi connectivity index (χ0v) is 13.2. The van der Waals surface area contributed by atoms with Crippen molar-refractivity contribution in [3.63, 3.8) is 0 Å². The fourth-order valence-corrected chi connectivity index (χ4v) is 3.71. The van der Waals surface area contributed by atoms with Crippen LogP contribution >= 0.6 is 27.5 Å². The van der Waals surface area contributed by atoms with Crippen LogP contribution in [0, 0.1) is 6.92 Å². The Balaban J connectivity index is 2.42. The Kier molecular flexibility index (Phi) is 3.84. The Morgan fingerprint density at radius 2 is 2.11 bits per heavy atom. The lowest BCUT2D eigenvalue weighted by Crippen LogP contribution is -2.18. The van der Waals surface area contributed by atoms with Crippen LogP contribution in [0.15, 0.2) is 28.0 Å². The molecular formula is C10H10BrClN4O2S. The molecule has 0 aliphatic carbocycles. The second-order valence-electron chi connectivity index (χ2n) is 3.79. The van der Waals surface area contributed by atoms with Crippen LogP contribution in [0.25, 0.3) is 0 Å². The molecule has 0 spiro atoms. The SMILES string of the molecule is Cc1nc(Br)ccc1NS(=O)(=O)c1c(Cl)cnn1C. The summed E-state index contributed by atoms with van der Waals surface area (Å²) >= 11 is 9.05. The average Bonchev–Trinajstić information content (AvgIpc) is 2.63. The molecule has 2 aromatic rings. The molecule has 2 aromatic heterocycles. The van der Waals surface area contributed by atoms with Gasteiger partial charge in [-0.05, 0) is 35.0 Å². The number of aryl methyl sites for hydroxylation is 2. The van der Waals surface area contributed by atoms with E-state index in [1.165, 1.54) is 17.9 Å². The molecule has 0 radical (unpaired) electrons. The van der Waals surface area contributed by atoms with Gasteiger partial charge in [-0.2, -0.15) is 13.5 Å². The highest BCUT2D eigenvalue weighted by atomic mass is 79.9. The van der Waals surface area contributed by atoms with E-state index in [0.717, 1.165) is 0 Å². The number of pyridine rings is 1. The maximum Gasteiger partial charge on any atom is 0.280 e. The quantitative estimate of drug-likeness (QED) is 0.847. The molecule has 2 heterocycles. The number of rotatable bonds is 3. The first kappa shape index (κ1) is 14.3. The highest BCUT2D eigenvalue weighted by molar-refractivity contribution is 9.10. The number of aromatic nitrogens is 3.